The summed E-state index contributed by atoms with van der Waals surface area (Å²) in [6.07, 6.45) is 2.02. The topological polar surface area (TPSA) is 17.1 Å². The van der Waals surface area contributed by atoms with Gasteiger partial charge in [-0.25, -0.2) is 0 Å². The molecule has 0 spiro atoms. The minimum absolute atomic E-state index is 0.0125. The van der Waals surface area contributed by atoms with Gasteiger partial charge in [-0.2, -0.15) is 0 Å². The Morgan fingerprint density at radius 1 is 1.57 bits per heavy atom. The Kier molecular flexibility index (Phi) is 4.73. The number of thioether (sulfide) groups is 1. The average Bonchev–Trinajstić information content (AvgIpc) is 2.16. The fourth-order valence-electron chi connectivity index (χ4n) is 1.06. The van der Waals surface area contributed by atoms with Crippen LogP contribution in [-0.2, 0) is 4.79 Å². The zero-order valence-corrected chi connectivity index (χ0v) is 11.6. The molecule has 0 amide bonds. The van der Waals surface area contributed by atoms with Gasteiger partial charge in [0.25, 0.3) is 0 Å². The molecule has 1 unspecified atom stereocenters. The molecule has 0 aliphatic heterocycles. The highest BCUT2D eigenvalue weighted by molar-refractivity contribution is 14.1. The van der Waals surface area contributed by atoms with E-state index in [0.717, 1.165) is 9.13 Å². The summed E-state index contributed by atoms with van der Waals surface area (Å²) in [5, 5.41) is -0.516. The van der Waals surface area contributed by atoms with E-state index in [1.54, 1.807) is 11.8 Å². The first-order chi connectivity index (χ1) is 6.56. The van der Waals surface area contributed by atoms with Gasteiger partial charge in [0.2, 0.25) is 0 Å². The molecule has 1 rings (SSSR count). The van der Waals surface area contributed by atoms with Crippen molar-refractivity contribution in [3.05, 3.63) is 27.3 Å². The van der Waals surface area contributed by atoms with Gasteiger partial charge in [0.1, 0.15) is 5.38 Å². The number of halogens is 2. The molecular formula is C10H10ClIOS. The van der Waals surface area contributed by atoms with E-state index in [1.807, 2.05) is 24.5 Å². The molecule has 0 aromatic heterocycles. The minimum Gasteiger partial charge on any atom is -0.298 e. The molecular weight excluding hydrogens is 331 g/mol. The highest BCUT2D eigenvalue weighted by Crippen LogP contribution is 2.29. The smallest absolute Gasteiger partial charge is 0.152 e. The molecule has 1 aromatic carbocycles. The number of hydrogen-bond acceptors (Lipinski definition) is 2. The van der Waals surface area contributed by atoms with Gasteiger partial charge >= 0.3 is 0 Å². The first-order valence-electron chi connectivity index (χ1n) is 4.04. The van der Waals surface area contributed by atoms with Gasteiger partial charge in [-0.15, -0.1) is 23.4 Å². The van der Waals surface area contributed by atoms with Crippen molar-refractivity contribution in [2.24, 2.45) is 0 Å². The Morgan fingerprint density at radius 3 is 2.64 bits per heavy atom. The molecule has 0 radical (unpaired) electrons. The molecule has 1 aromatic rings. The maximum atomic E-state index is 11.1. The monoisotopic (exact) mass is 340 g/mol. The van der Waals surface area contributed by atoms with Crippen molar-refractivity contribution >= 4 is 51.7 Å². The second kappa shape index (κ2) is 5.37. The van der Waals surface area contributed by atoms with Crippen LogP contribution in [0, 0.1) is 3.57 Å². The van der Waals surface area contributed by atoms with E-state index in [9.17, 15) is 4.79 Å². The number of carbonyl (C=O) groups excluding carboxylic acids is 1. The molecule has 0 fully saturated rings. The number of alkyl halides is 1. The zero-order valence-electron chi connectivity index (χ0n) is 7.88. The molecule has 0 heterocycles. The van der Waals surface area contributed by atoms with E-state index in [4.69, 9.17) is 11.6 Å². The molecule has 0 saturated carbocycles. The van der Waals surface area contributed by atoms with Crippen molar-refractivity contribution in [2.75, 3.05) is 6.26 Å². The van der Waals surface area contributed by atoms with Crippen LogP contribution in [0.1, 0.15) is 17.9 Å². The summed E-state index contributed by atoms with van der Waals surface area (Å²) in [4.78, 5) is 12.3. The summed E-state index contributed by atoms with van der Waals surface area (Å²) in [7, 11) is 0. The molecule has 0 N–H and O–H groups in total. The van der Waals surface area contributed by atoms with Crippen LogP contribution in [0.15, 0.2) is 23.1 Å². The van der Waals surface area contributed by atoms with Crippen LogP contribution in [0.25, 0.3) is 0 Å². The Balaban J connectivity index is 3.05. The van der Waals surface area contributed by atoms with E-state index in [0.29, 0.717) is 0 Å². The second-order valence-corrected chi connectivity index (χ2v) is 5.34. The first-order valence-corrected chi connectivity index (χ1v) is 6.78. The third-order valence-corrected chi connectivity index (χ3v) is 4.04. The highest BCUT2D eigenvalue weighted by atomic mass is 127. The van der Waals surface area contributed by atoms with Crippen LogP contribution in [0.2, 0.25) is 0 Å². The summed E-state index contributed by atoms with van der Waals surface area (Å²) in [6.45, 7) is 1.51. The fourth-order valence-corrected chi connectivity index (χ4v) is 2.91. The van der Waals surface area contributed by atoms with Crippen LogP contribution in [0.3, 0.4) is 0 Å². The molecule has 1 nitrogen and oxygen atoms in total. The summed E-state index contributed by atoms with van der Waals surface area (Å²) < 4.78 is 1.05. The number of Topliss-reactive ketones (excluding diaryl/α,β-unsaturated/α-hetero) is 1. The van der Waals surface area contributed by atoms with E-state index >= 15 is 0 Å². The standard InChI is InChI=1S/C10H10ClIOS/c1-6(13)10(11)8-4-3-7(14-2)5-9(8)12/h3-5,10H,1-2H3. The quantitative estimate of drug-likeness (QED) is 0.472. The van der Waals surface area contributed by atoms with Gasteiger partial charge in [-0.1, -0.05) is 6.07 Å². The fraction of sp³-hybridized carbons (Fsp3) is 0.300. The van der Waals surface area contributed by atoms with Crippen molar-refractivity contribution in [2.45, 2.75) is 17.2 Å². The normalized spacial score (nSPS) is 12.6. The molecule has 4 heteroatoms. The van der Waals surface area contributed by atoms with Gasteiger partial charge in [0, 0.05) is 8.47 Å². The Labute approximate surface area is 107 Å². The Hall–Kier alpha value is 0.260. The number of hydrogen-bond donors (Lipinski definition) is 0. The minimum atomic E-state index is -0.516. The molecule has 0 bridgehead atoms. The van der Waals surface area contributed by atoms with Gasteiger partial charge in [0.15, 0.2) is 5.78 Å². The van der Waals surface area contributed by atoms with Crippen LogP contribution < -0.4 is 0 Å². The summed E-state index contributed by atoms with van der Waals surface area (Å²) in [5.41, 5.74) is 0.901. The van der Waals surface area contributed by atoms with Crippen LogP contribution in [0.5, 0.6) is 0 Å². The molecule has 1 atom stereocenters. The van der Waals surface area contributed by atoms with Crippen molar-refractivity contribution < 1.29 is 4.79 Å². The van der Waals surface area contributed by atoms with Gasteiger partial charge < -0.3 is 0 Å². The maximum Gasteiger partial charge on any atom is 0.152 e. The van der Waals surface area contributed by atoms with Crippen LogP contribution >= 0.6 is 46.0 Å². The second-order valence-electron chi connectivity index (χ2n) is 2.86. The lowest BCUT2D eigenvalue weighted by molar-refractivity contribution is -0.116. The van der Waals surface area contributed by atoms with E-state index in [-0.39, 0.29) is 5.78 Å². The highest BCUT2D eigenvalue weighted by Gasteiger charge is 2.15. The SMILES string of the molecule is CSc1ccc(C(Cl)C(C)=O)c(I)c1. The van der Waals surface area contributed by atoms with Crippen LogP contribution in [-0.4, -0.2) is 12.0 Å². The molecule has 0 aliphatic rings. The third-order valence-electron chi connectivity index (χ3n) is 1.84. The predicted octanol–water partition coefficient (Wildman–Crippen LogP) is 3.88. The van der Waals surface area contributed by atoms with E-state index in [1.165, 1.54) is 11.8 Å². The largest absolute Gasteiger partial charge is 0.298 e. The summed E-state index contributed by atoms with van der Waals surface area (Å²) in [5.74, 6) is -0.0125. The molecule has 0 saturated heterocycles. The first kappa shape index (κ1) is 12.3. The summed E-state index contributed by atoms with van der Waals surface area (Å²) in [6, 6.07) is 5.95. The number of rotatable bonds is 3. The maximum absolute atomic E-state index is 11.1. The number of ketones is 1. The van der Waals surface area contributed by atoms with E-state index in [2.05, 4.69) is 22.6 Å². The average molecular weight is 341 g/mol. The molecule has 14 heavy (non-hydrogen) atoms. The zero-order chi connectivity index (χ0) is 10.7. The van der Waals surface area contributed by atoms with Crippen molar-refractivity contribution in [1.82, 2.24) is 0 Å². The van der Waals surface area contributed by atoms with Crippen molar-refractivity contribution in [1.29, 1.82) is 0 Å². The van der Waals surface area contributed by atoms with Gasteiger partial charge in [0.05, 0.1) is 0 Å². The number of benzene rings is 1. The Morgan fingerprint density at radius 2 is 2.21 bits per heavy atom. The Bertz CT molecular complexity index is 354. The van der Waals surface area contributed by atoms with Crippen LogP contribution in [0.4, 0.5) is 0 Å². The third kappa shape index (κ3) is 2.87. The predicted molar refractivity (Wildman–Crippen MR) is 70.2 cm³/mol. The van der Waals surface area contributed by atoms with Crippen molar-refractivity contribution in [3.8, 4) is 0 Å². The van der Waals surface area contributed by atoms with Crippen molar-refractivity contribution in [3.63, 3.8) is 0 Å². The molecule has 76 valence electrons. The number of carbonyl (C=O) groups is 1. The summed E-state index contributed by atoms with van der Waals surface area (Å²) >= 11 is 9.87. The lowest BCUT2D eigenvalue weighted by Crippen LogP contribution is -2.03. The van der Waals surface area contributed by atoms with Gasteiger partial charge in [-0.05, 0) is 53.5 Å². The molecule has 0 aliphatic carbocycles. The lowest BCUT2D eigenvalue weighted by Gasteiger charge is -2.09. The van der Waals surface area contributed by atoms with E-state index < -0.39 is 5.38 Å². The lowest BCUT2D eigenvalue weighted by atomic mass is 10.1. The van der Waals surface area contributed by atoms with Gasteiger partial charge in [-0.3, -0.25) is 4.79 Å².